The number of para-hydroxylation sites is 1. The summed E-state index contributed by atoms with van der Waals surface area (Å²) in [5.41, 5.74) is 0.993. The highest BCUT2D eigenvalue weighted by molar-refractivity contribution is 6.33. The lowest BCUT2D eigenvalue weighted by Crippen LogP contribution is -2.50. The third kappa shape index (κ3) is 5.28. The van der Waals surface area contributed by atoms with Gasteiger partial charge in [-0.2, -0.15) is 0 Å². The van der Waals surface area contributed by atoms with E-state index in [2.05, 4.69) is 5.32 Å². The van der Waals surface area contributed by atoms with Crippen molar-refractivity contribution in [3.63, 3.8) is 0 Å². The molecule has 2 amide bonds. The monoisotopic (exact) mass is 389 g/mol. The average molecular weight is 390 g/mol. The molecular weight excluding hydrogens is 369 g/mol. The van der Waals surface area contributed by atoms with E-state index < -0.39 is 0 Å². The van der Waals surface area contributed by atoms with Crippen LogP contribution in [0.25, 0.3) is 0 Å². The molecule has 0 radical (unpaired) electrons. The number of piperazine rings is 1. The van der Waals surface area contributed by atoms with Crippen molar-refractivity contribution < 1.29 is 14.0 Å². The molecule has 0 atom stereocenters. The highest BCUT2D eigenvalue weighted by Crippen LogP contribution is 2.20. The van der Waals surface area contributed by atoms with E-state index in [-0.39, 0.29) is 30.6 Å². The summed E-state index contributed by atoms with van der Waals surface area (Å²) >= 11 is 6.04. The lowest BCUT2D eigenvalue weighted by molar-refractivity contribution is -0.132. The highest BCUT2D eigenvalue weighted by Gasteiger charge is 2.23. The molecule has 3 rings (SSSR count). The van der Waals surface area contributed by atoms with E-state index in [1.165, 1.54) is 6.07 Å². The predicted molar refractivity (Wildman–Crippen MR) is 103 cm³/mol. The van der Waals surface area contributed by atoms with Crippen LogP contribution >= 0.6 is 11.6 Å². The third-order valence-electron chi connectivity index (χ3n) is 4.54. The number of nitrogens with zero attached hydrogens (tertiary/aromatic N) is 2. The van der Waals surface area contributed by atoms with Gasteiger partial charge in [0.25, 0.3) is 0 Å². The van der Waals surface area contributed by atoms with Crippen LogP contribution in [0.1, 0.15) is 5.56 Å². The Morgan fingerprint density at radius 3 is 2.37 bits per heavy atom. The number of rotatable bonds is 5. The van der Waals surface area contributed by atoms with Crippen LogP contribution < -0.4 is 5.32 Å². The second kappa shape index (κ2) is 8.97. The number of nitrogens with one attached hydrogen (secondary N) is 1. The van der Waals surface area contributed by atoms with Crippen LogP contribution in [0.5, 0.6) is 0 Å². The number of anilines is 1. The molecule has 1 aliphatic heterocycles. The maximum absolute atomic E-state index is 13.7. The topological polar surface area (TPSA) is 52.7 Å². The minimum absolute atomic E-state index is 0.0552. The fourth-order valence-corrected chi connectivity index (χ4v) is 3.21. The van der Waals surface area contributed by atoms with E-state index >= 15 is 0 Å². The molecule has 1 saturated heterocycles. The van der Waals surface area contributed by atoms with Crippen molar-refractivity contribution in [2.75, 3.05) is 38.0 Å². The molecule has 0 saturated carbocycles. The number of benzene rings is 2. The van der Waals surface area contributed by atoms with Gasteiger partial charge in [-0.3, -0.25) is 14.5 Å². The van der Waals surface area contributed by atoms with Crippen molar-refractivity contribution in [3.05, 3.63) is 64.9 Å². The Balaban J connectivity index is 1.46. The minimum atomic E-state index is -0.360. The largest absolute Gasteiger partial charge is 0.340 e. The maximum atomic E-state index is 13.7. The molecule has 0 aliphatic carbocycles. The Hall–Kier alpha value is -2.44. The van der Waals surface area contributed by atoms with E-state index in [1.807, 2.05) is 4.90 Å². The molecule has 0 unspecified atom stereocenters. The van der Waals surface area contributed by atoms with Gasteiger partial charge in [0.1, 0.15) is 5.82 Å². The number of hydrogen-bond donors (Lipinski definition) is 1. The number of halogens is 2. The molecule has 1 fully saturated rings. The van der Waals surface area contributed by atoms with Gasteiger partial charge in [0.15, 0.2) is 0 Å². The van der Waals surface area contributed by atoms with E-state index in [1.54, 1.807) is 47.4 Å². The summed E-state index contributed by atoms with van der Waals surface area (Å²) in [6.07, 6.45) is 0.0552. The van der Waals surface area contributed by atoms with Crippen LogP contribution in [0, 0.1) is 5.82 Å². The summed E-state index contributed by atoms with van der Waals surface area (Å²) in [7, 11) is 0. The van der Waals surface area contributed by atoms with E-state index in [0.29, 0.717) is 42.5 Å². The van der Waals surface area contributed by atoms with Gasteiger partial charge in [0.2, 0.25) is 11.8 Å². The maximum Gasteiger partial charge on any atom is 0.238 e. The first kappa shape index (κ1) is 19.3. The molecule has 1 N–H and O–H groups in total. The zero-order chi connectivity index (χ0) is 19.2. The summed E-state index contributed by atoms with van der Waals surface area (Å²) in [6, 6.07) is 13.4. The molecule has 1 heterocycles. The van der Waals surface area contributed by atoms with Crippen molar-refractivity contribution in [2.24, 2.45) is 0 Å². The molecule has 7 heteroatoms. The average Bonchev–Trinajstić information content (AvgIpc) is 2.66. The summed E-state index contributed by atoms with van der Waals surface area (Å²) in [5, 5.41) is 3.29. The van der Waals surface area contributed by atoms with Crippen LogP contribution in [-0.2, 0) is 16.0 Å². The van der Waals surface area contributed by atoms with Gasteiger partial charge in [-0.15, -0.1) is 0 Å². The van der Waals surface area contributed by atoms with Gasteiger partial charge in [0, 0.05) is 26.2 Å². The standard InChI is InChI=1S/C20H21ClFN3O2/c21-16-6-2-4-8-18(16)23-19(26)14-24-9-11-25(12-10-24)20(27)13-15-5-1-3-7-17(15)22/h1-8H,9-14H2,(H,23,26). The number of hydrogen-bond acceptors (Lipinski definition) is 3. The fourth-order valence-electron chi connectivity index (χ4n) is 3.03. The molecule has 0 aromatic heterocycles. The molecule has 27 heavy (non-hydrogen) atoms. The fraction of sp³-hybridized carbons (Fsp3) is 0.300. The minimum Gasteiger partial charge on any atom is -0.340 e. The van der Waals surface area contributed by atoms with E-state index in [0.717, 1.165) is 0 Å². The van der Waals surface area contributed by atoms with Gasteiger partial charge in [-0.25, -0.2) is 4.39 Å². The van der Waals surface area contributed by atoms with Gasteiger partial charge < -0.3 is 10.2 Å². The van der Waals surface area contributed by atoms with Crippen LogP contribution in [0.3, 0.4) is 0 Å². The van der Waals surface area contributed by atoms with Crippen LogP contribution in [-0.4, -0.2) is 54.3 Å². The van der Waals surface area contributed by atoms with Gasteiger partial charge in [0.05, 0.1) is 23.7 Å². The Morgan fingerprint density at radius 1 is 1.00 bits per heavy atom. The molecule has 142 valence electrons. The Labute approximate surface area is 162 Å². The molecular formula is C20H21ClFN3O2. The summed E-state index contributed by atoms with van der Waals surface area (Å²) in [4.78, 5) is 28.3. The number of carbonyl (C=O) groups excluding carboxylic acids is 2. The second-order valence-electron chi connectivity index (χ2n) is 6.45. The number of amides is 2. The smallest absolute Gasteiger partial charge is 0.238 e. The predicted octanol–water partition coefficient (Wildman–Crippen LogP) is 2.80. The molecule has 0 spiro atoms. The van der Waals surface area contributed by atoms with Gasteiger partial charge in [-0.1, -0.05) is 41.9 Å². The van der Waals surface area contributed by atoms with Gasteiger partial charge >= 0.3 is 0 Å². The quantitative estimate of drug-likeness (QED) is 0.855. The zero-order valence-corrected chi connectivity index (χ0v) is 15.6. The van der Waals surface area contributed by atoms with Crippen molar-refractivity contribution >= 4 is 29.1 Å². The Bertz CT molecular complexity index is 822. The first-order chi connectivity index (χ1) is 13.0. The third-order valence-corrected chi connectivity index (χ3v) is 4.87. The first-order valence-corrected chi connectivity index (χ1v) is 9.18. The highest BCUT2D eigenvalue weighted by atomic mass is 35.5. The summed E-state index contributed by atoms with van der Waals surface area (Å²) in [5.74, 6) is -0.602. The van der Waals surface area contributed by atoms with Crippen molar-refractivity contribution in [3.8, 4) is 0 Å². The summed E-state index contributed by atoms with van der Waals surface area (Å²) in [6.45, 7) is 2.47. The molecule has 1 aliphatic rings. The molecule has 5 nitrogen and oxygen atoms in total. The zero-order valence-electron chi connectivity index (χ0n) is 14.8. The van der Waals surface area contributed by atoms with Crippen LogP contribution in [0.15, 0.2) is 48.5 Å². The van der Waals surface area contributed by atoms with Crippen LogP contribution in [0.4, 0.5) is 10.1 Å². The lowest BCUT2D eigenvalue weighted by Gasteiger charge is -2.34. The Morgan fingerprint density at radius 2 is 1.67 bits per heavy atom. The number of carbonyl (C=O) groups is 2. The molecule has 2 aromatic rings. The SMILES string of the molecule is O=C(CN1CCN(C(=O)Cc2ccccc2F)CC1)Nc1ccccc1Cl. The Kier molecular flexibility index (Phi) is 6.42. The van der Waals surface area contributed by atoms with E-state index in [9.17, 15) is 14.0 Å². The lowest BCUT2D eigenvalue weighted by atomic mass is 10.1. The molecule has 2 aromatic carbocycles. The first-order valence-electron chi connectivity index (χ1n) is 8.81. The normalized spacial score (nSPS) is 14.8. The van der Waals surface area contributed by atoms with E-state index in [4.69, 9.17) is 11.6 Å². The molecule has 0 bridgehead atoms. The van der Waals surface area contributed by atoms with Crippen molar-refractivity contribution in [1.29, 1.82) is 0 Å². The second-order valence-corrected chi connectivity index (χ2v) is 6.86. The van der Waals surface area contributed by atoms with Crippen molar-refractivity contribution in [2.45, 2.75) is 6.42 Å². The summed E-state index contributed by atoms with van der Waals surface area (Å²) < 4.78 is 13.7. The van der Waals surface area contributed by atoms with Crippen molar-refractivity contribution in [1.82, 2.24) is 9.80 Å². The van der Waals surface area contributed by atoms with Crippen LogP contribution in [0.2, 0.25) is 5.02 Å². The van der Waals surface area contributed by atoms with Gasteiger partial charge in [-0.05, 0) is 23.8 Å².